The lowest BCUT2D eigenvalue weighted by molar-refractivity contribution is -0.137. The molecule has 1 saturated heterocycles. The minimum Gasteiger partial charge on any atom is -0.503 e. The quantitative estimate of drug-likeness (QED) is 0.865. The van der Waals surface area contributed by atoms with Crippen LogP contribution < -0.4 is 10.5 Å². The number of pyridine rings is 1. The molecule has 2 aromatic rings. The standard InChI is InChI=1S/C19H22F3N3O2/c20-19(21,22)15-4-1-5-16(14-15)24-12-10-23(11-13-24)7-3-9-25-8-2-6-17(26)18(25)27/h1-2,4-6,8,14,26H,3,7,9-13H2. The molecule has 0 saturated carbocycles. The molecule has 0 bridgehead atoms. The van der Waals surface area contributed by atoms with Crippen molar-refractivity contribution in [3.63, 3.8) is 0 Å². The van der Waals surface area contributed by atoms with E-state index in [0.717, 1.165) is 32.1 Å². The number of benzene rings is 1. The number of alkyl halides is 3. The van der Waals surface area contributed by atoms with Crippen LogP contribution in [0.15, 0.2) is 47.4 Å². The first-order chi connectivity index (χ1) is 12.8. The van der Waals surface area contributed by atoms with Gasteiger partial charge >= 0.3 is 6.18 Å². The van der Waals surface area contributed by atoms with Gasteiger partial charge in [0, 0.05) is 44.6 Å². The van der Waals surface area contributed by atoms with Crippen molar-refractivity contribution in [1.29, 1.82) is 0 Å². The summed E-state index contributed by atoms with van der Waals surface area (Å²) >= 11 is 0. The molecule has 0 amide bonds. The van der Waals surface area contributed by atoms with Crippen molar-refractivity contribution in [3.05, 3.63) is 58.5 Å². The van der Waals surface area contributed by atoms with E-state index in [0.29, 0.717) is 25.3 Å². The number of piperazine rings is 1. The molecule has 0 aliphatic carbocycles. The van der Waals surface area contributed by atoms with E-state index in [4.69, 9.17) is 0 Å². The Morgan fingerprint density at radius 2 is 1.74 bits per heavy atom. The summed E-state index contributed by atoms with van der Waals surface area (Å²) in [5.41, 5.74) is -0.429. The van der Waals surface area contributed by atoms with Crippen molar-refractivity contribution in [1.82, 2.24) is 9.47 Å². The SMILES string of the molecule is O=c1c(O)cccn1CCCN1CCN(c2cccc(C(F)(F)F)c2)CC1. The number of aromatic nitrogens is 1. The van der Waals surface area contributed by atoms with Gasteiger partial charge in [0.2, 0.25) is 0 Å². The fraction of sp³-hybridized carbons (Fsp3) is 0.421. The zero-order chi connectivity index (χ0) is 19.4. The molecule has 3 rings (SSSR count). The molecule has 0 atom stereocenters. The number of aryl methyl sites for hydroxylation is 1. The van der Waals surface area contributed by atoms with Gasteiger partial charge in [-0.15, -0.1) is 0 Å². The van der Waals surface area contributed by atoms with E-state index in [2.05, 4.69) is 4.90 Å². The molecule has 1 aromatic carbocycles. The molecule has 2 heterocycles. The first kappa shape index (κ1) is 19.3. The van der Waals surface area contributed by atoms with Crippen LogP contribution in [-0.2, 0) is 12.7 Å². The van der Waals surface area contributed by atoms with Gasteiger partial charge < -0.3 is 14.6 Å². The van der Waals surface area contributed by atoms with Crippen LogP contribution in [0, 0.1) is 0 Å². The fourth-order valence-corrected chi connectivity index (χ4v) is 3.27. The fourth-order valence-electron chi connectivity index (χ4n) is 3.27. The highest BCUT2D eigenvalue weighted by Gasteiger charge is 2.31. The number of halogens is 3. The Balaban J connectivity index is 1.49. The highest BCUT2D eigenvalue weighted by atomic mass is 19.4. The van der Waals surface area contributed by atoms with Crippen molar-refractivity contribution in [2.24, 2.45) is 0 Å². The van der Waals surface area contributed by atoms with Gasteiger partial charge in [0.05, 0.1) is 5.56 Å². The number of hydrogen-bond donors (Lipinski definition) is 1. The van der Waals surface area contributed by atoms with Gasteiger partial charge in [-0.25, -0.2) is 0 Å². The van der Waals surface area contributed by atoms with Crippen LogP contribution in [-0.4, -0.2) is 47.3 Å². The Morgan fingerprint density at radius 1 is 1.00 bits per heavy atom. The van der Waals surface area contributed by atoms with Crippen LogP contribution >= 0.6 is 0 Å². The Kier molecular flexibility index (Phi) is 5.74. The Bertz CT molecular complexity index is 827. The molecule has 0 radical (unpaired) electrons. The number of aromatic hydroxyl groups is 1. The molecule has 0 spiro atoms. The molecular formula is C19H22F3N3O2. The summed E-state index contributed by atoms with van der Waals surface area (Å²) in [6, 6.07) is 8.43. The van der Waals surface area contributed by atoms with Gasteiger partial charge in [-0.05, 0) is 43.3 Å². The predicted molar refractivity (Wildman–Crippen MR) is 97.1 cm³/mol. The van der Waals surface area contributed by atoms with Gasteiger partial charge in [-0.2, -0.15) is 13.2 Å². The van der Waals surface area contributed by atoms with E-state index in [1.807, 2.05) is 4.90 Å². The molecule has 1 fully saturated rings. The van der Waals surface area contributed by atoms with Gasteiger partial charge in [0.25, 0.3) is 5.56 Å². The monoisotopic (exact) mass is 381 g/mol. The summed E-state index contributed by atoms with van der Waals surface area (Å²) in [5, 5.41) is 9.44. The largest absolute Gasteiger partial charge is 0.503 e. The van der Waals surface area contributed by atoms with Crippen LogP contribution in [0.2, 0.25) is 0 Å². The van der Waals surface area contributed by atoms with E-state index in [1.54, 1.807) is 18.3 Å². The van der Waals surface area contributed by atoms with Crippen molar-refractivity contribution in [2.75, 3.05) is 37.6 Å². The molecule has 5 nitrogen and oxygen atoms in total. The van der Waals surface area contributed by atoms with Crippen molar-refractivity contribution in [2.45, 2.75) is 19.1 Å². The number of rotatable bonds is 5. The Labute approximate surface area is 155 Å². The zero-order valence-electron chi connectivity index (χ0n) is 14.8. The summed E-state index contributed by atoms with van der Waals surface area (Å²) in [4.78, 5) is 16.0. The third-order valence-electron chi connectivity index (χ3n) is 4.78. The molecule has 27 heavy (non-hydrogen) atoms. The highest BCUT2D eigenvalue weighted by molar-refractivity contribution is 5.49. The smallest absolute Gasteiger partial charge is 0.416 e. The van der Waals surface area contributed by atoms with E-state index in [9.17, 15) is 23.1 Å². The molecule has 146 valence electrons. The second kappa shape index (κ2) is 8.04. The number of nitrogens with zero attached hydrogens (tertiary/aromatic N) is 3. The summed E-state index contributed by atoms with van der Waals surface area (Å²) < 4.78 is 40.1. The normalized spacial score (nSPS) is 15.9. The molecule has 1 aliphatic heterocycles. The van der Waals surface area contributed by atoms with Crippen LogP contribution in [0.25, 0.3) is 0 Å². The maximum absolute atomic E-state index is 12.9. The molecule has 1 N–H and O–H groups in total. The van der Waals surface area contributed by atoms with E-state index in [1.165, 1.54) is 22.8 Å². The summed E-state index contributed by atoms with van der Waals surface area (Å²) in [6.07, 6.45) is -1.93. The van der Waals surface area contributed by atoms with Crippen LogP contribution in [0.5, 0.6) is 5.75 Å². The van der Waals surface area contributed by atoms with Crippen LogP contribution in [0.1, 0.15) is 12.0 Å². The van der Waals surface area contributed by atoms with E-state index in [-0.39, 0.29) is 5.75 Å². The molecule has 1 aliphatic rings. The van der Waals surface area contributed by atoms with E-state index >= 15 is 0 Å². The van der Waals surface area contributed by atoms with Crippen molar-refractivity contribution >= 4 is 5.69 Å². The first-order valence-electron chi connectivity index (χ1n) is 8.87. The topological polar surface area (TPSA) is 48.7 Å². The third kappa shape index (κ3) is 4.82. The molecular weight excluding hydrogens is 359 g/mol. The summed E-state index contributed by atoms with van der Waals surface area (Å²) in [5.74, 6) is -0.257. The summed E-state index contributed by atoms with van der Waals surface area (Å²) in [6.45, 7) is 4.14. The average molecular weight is 381 g/mol. The third-order valence-corrected chi connectivity index (χ3v) is 4.78. The predicted octanol–water partition coefficient (Wildman–Crippen LogP) is 2.79. The lowest BCUT2D eigenvalue weighted by Gasteiger charge is -2.36. The maximum atomic E-state index is 12.9. The van der Waals surface area contributed by atoms with Crippen molar-refractivity contribution in [3.8, 4) is 5.75 Å². The second-order valence-corrected chi connectivity index (χ2v) is 6.62. The summed E-state index contributed by atoms with van der Waals surface area (Å²) in [7, 11) is 0. The maximum Gasteiger partial charge on any atom is 0.416 e. The lowest BCUT2D eigenvalue weighted by atomic mass is 10.1. The first-order valence-corrected chi connectivity index (χ1v) is 8.87. The minimum atomic E-state index is -4.33. The number of anilines is 1. The highest BCUT2D eigenvalue weighted by Crippen LogP contribution is 2.31. The van der Waals surface area contributed by atoms with Gasteiger partial charge in [-0.1, -0.05) is 6.07 Å². The van der Waals surface area contributed by atoms with Crippen LogP contribution in [0.4, 0.5) is 18.9 Å². The lowest BCUT2D eigenvalue weighted by Crippen LogP contribution is -2.46. The van der Waals surface area contributed by atoms with Gasteiger partial charge in [0.1, 0.15) is 0 Å². The molecule has 0 unspecified atom stereocenters. The Morgan fingerprint density at radius 3 is 2.44 bits per heavy atom. The number of hydrogen-bond acceptors (Lipinski definition) is 4. The average Bonchev–Trinajstić information content (AvgIpc) is 2.65. The van der Waals surface area contributed by atoms with Crippen LogP contribution in [0.3, 0.4) is 0 Å². The Hall–Kier alpha value is -2.48. The van der Waals surface area contributed by atoms with Crippen molar-refractivity contribution < 1.29 is 18.3 Å². The zero-order valence-corrected chi connectivity index (χ0v) is 14.8. The van der Waals surface area contributed by atoms with Gasteiger partial charge in [0.15, 0.2) is 5.75 Å². The minimum absolute atomic E-state index is 0.257. The molecule has 8 heteroatoms. The molecule has 1 aromatic heterocycles. The second-order valence-electron chi connectivity index (χ2n) is 6.62. The van der Waals surface area contributed by atoms with E-state index < -0.39 is 17.3 Å². The van der Waals surface area contributed by atoms with Gasteiger partial charge in [-0.3, -0.25) is 9.69 Å².